The molecule has 0 radical (unpaired) electrons. The summed E-state index contributed by atoms with van der Waals surface area (Å²) < 4.78 is 5.37. The maximum absolute atomic E-state index is 12.2. The van der Waals surface area contributed by atoms with Crippen molar-refractivity contribution in [3.63, 3.8) is 0 Å². The molecule has 0 atom stereocenters. The highest BCUT2D eigenvalue weighted by Gasteiger charge is 2.30. The molecule has 0 aromatic heterocycles. The zero-order valence-electron chi connectivity index (χ0n) is 13.3. The number of allylic oxidation sites excluding steroid dienone is 2. The van der Waals surface area contributed by atoms with Gasteiger partial charge in [-0.05, 0) is 50.5 Å². The average Bonchev–Trinajstić information content (AvgIpc) is 2.42. The first-order valence-corrected chi connectivity index (χ1v) is 8.11. The summed E-state index contributed by atoms with van der Waals surface area (Å²) in [5.41, 5.74) is 2.69. The number of hydrogen-bond donors (Lipinski definition) is 0. The Morgan fingerprint density at radius 1 is 1.45 bits per heavy atom. The van der Waals surface area contributed by atoms with Crippen LogP contribution in [0.3, 0.4) is 0 Å². The lowest BCUT2D eigenvalue weighted by atomic mass is 9.75. The maximum atomic E-state index is 12.2. The highest BCUT2D eigenvalue weighted by Crippen LogP contribution is 2.40. The number of carbonyl (C=O) groups is 1. The lowest BCUT2D eigenvalue weighted by Crippen LogP contribution is -2.36. The number of carbonyl (C=O) groups excluding carboxylic acids is 1. The molecule has 1 aliphatic carbocycles. The zero-order chi connectivity index (χ0) is 15.2. The molecular formula is C16H28ClNO2. The van der Waals surface area contributed by atoms with Crippen LogP contribution in [0.25, 0.3) is 0 Å². The Bertz CT molecular complexity index is 363. The third kappa shape index (κ3) is 4.49. The van der Waals surface area contributed by atoms with Gasteiger partial charge in [0.15, 0.2) is 0 Å². The van der Waals surface area contributed by atoms with E-state index >= 15 is 0 Å². The van der Waals surface area contributed by atoms with Crippen LogP contribution in [0.4, 0.5) is 0 Å². The molecule has 1 aliphatic rings. The highest BCUT2D eigenvalue weighted by atomic mass is 35.5. The van der Waals surface area contributed by atoms with E-state index in [4.69, 9.17) is 16.3 Å². The Labute approximate surface area is 128 Å². The number of halogens is 1. The Balaban J connectivity index is 2.84. The van der Waals surface area contributed by atoms with Crippen LogP contribution < -0.4 is 0 Å². The molecule has 0 bridgehead atoms. The molecule has 3 nitrogen and oxygen atoms in total. The molecule has 0 fully saturated rings. The third-order valence-electron chi connectivity index (χ3n) is 4.28. The van der Waals surface area contributed by atoms with E-state index in [9.17, 15) is 4.79 Å². The van der Waals surface area contributed by atoms with Gasteiger partial charge in [0.05, 0.1) is 0 Å². The lowest BCUT2D eigenvalue weighted by molar-refractivity contribution is -0.127. The van der Waals surface area contributed by atoms with E-state index in [-0.39, 0.29) is 17.2 Å². The number of nitrogens with zero attached hydrogens (tertiary/aromatic N) is 1. The van der Waals surface area contributed by atoms with Gasteiger partial charge in [0.1, 0.15) is 5.88 Å². The minimum Gasteiger partial charge on any atom is -0.382 e. The quantitative estimate of drug-likeness (QED) is 0.526. The minimum absolute atomic E-state index is 0.00946. The molecule has 0 saturated carbocycles. The van der Waals surface area contributed by atoms with Gasteiger partial charge < -0.3 is 9.64 Å². The number of hydrogen-bond acceptors (Lipinski definition) is 2. The van der Waals surface area contributed by atoms with Gasteiger partial charge in [-0.15, -0.1) is 11.6 Å². The molecule has 116 valence electrons. The van der Waals surface area contributed by atoms with Crippen LogP contribution in [0.1, 0.15) is 53.4 Å². The van der Waals surface area contributed by atoms with Gasteiger partial charge in [-0.2, -0.15) is 0 Å². The topological polar surface area (TPSA) is 29.5 Å². The number of amides is 1. The van der Waals surface area contributed by atoms with Gasteiger partial charge in [0.25, 0.3) is 0 Å². The lowest BCUT2D eigenvalue weighted by Gasteiger charge is -2.37. The first-order chi connectivity index (χ1) is 9.44. The maximum Gasteiger partial charge on any atom is 0.241 e. The summed E-state index contributed by atoms with van der Waals surface area (Å²) in [6, 6.07) is 0. The second kappa shape index (κ2) is 8.04. The molecule has 0 aliphatic heterocycles. The summed E-state index contributed by atoms with van der Waals surface area (Å²) >= 11 is 5.78. The second-order valence-corrected chi connectivity index (χ2v) is 6.31. The molecule has 0 aromatic carbocycles. The van der Waals surface area contributed by atoms with E-state index in [1.165, 1.54) is 17.7 Å². The predicted molar refractivity (Wildman–Crippen MR) is 83.9 cm³/mol. The molecule has 20 heavy (non-hydrogen) atoms. The molecule has 0 N–H and O–H groups in total. The molecule has 1 amide bonds. The van der Waals surface area contributed by atoms with E-state index in [0.29, 0.717) is 13.2 Å². The monoisotopic (exact) mass is 301 g/mol. The van der Waals surface area contributed by atoms with Crippen molar-refractivity contribution in [1.82, 2.24) is 4.90 Å². The second-order valence-electron chi connectivity index (χ2n) is 6.04. The highest BCUT2D eigenvalue weighted by molar-refractivity contribution is 6.27. The third-order valence-corrected chi connectivity index (χ3v) is 4.51. The molecule has 0 spiro atoms. The van der Waals surface area contributed by atoms with Gasteiger partial charge in [-0.25, -0.2) is 0 Å². The zero-order valence-corrected chi connectivity index (χ0v) is 14.1. The van der Waals surface area contributed by atoms with Crippen molar-refractivity contribution >= 4 is 17.5 Å². The van der Waals surface area contributed by atoms with Crippen LogP contribution in [-0.4, -0.2) is 36.4 Å². The smallest absolute Gasteiger partial charge is 0.241 e. The molecule has 1 rings (SSSR count). The fraction of sp³-hybridized carbons (Fsp3) is 0.812. The van der Waals surface area contributed by atoms with E-state index in [2.05, 4.69) is 20.8 Å². The Hall–Kier alpha value is -0.540. The van der Waals surface area contributed by atoms with Crippen molar-refractivity contribution < 1.29 is 9.53 Å². The fourth-order valence-corrected chi connectivity index (χ4v) is 2.90. The number of ether oxygens (including phenoxy) is 1. The summed E-state index contributed by atoms with van der Waals surface area (Å²) in [7, 11) is 0. The van der Waals surface area contributed by atoms with E-state index in [1.54, 1.807) is 0 Å². The summed E-state index contributed by atoms with van der Waals surface area (Å²) in [6.07, 6.45) is 4.15. The van der Waals surface area contributed by atoms with Crippen molar-refractivity contribution in [3.8, 4) is 0 Å². The standard InChI is InChI=1S/C16H28ClNO2/c1-5-20-11-7-10-18(15(19)12-17)14-8-6-9-16(3,4)13(14)2/h5-12H2,1-4H3. The van der Waals surface area contributed by atoms with E-state index in [1.807, 2.05) is 11.8 Å². The summed E-state index contributed by atoms with van der Waals surface area (Å²) in [5.74, 6) is 0.0569. The number of alkyl halides is 1. The number of rotatable bonds is 7. The molecule has 4 heteroatoms. The Kier molecular flexibility index (Phi) is 7.04. The van der Waals surface area contributed by atoms with Crippen LogP contribution in [0.5, 0.6) is 0 Å². The van der Waals surface area contributed by atoms with Gasteiger partial charge in [0.2, 0.25) is 5.91 Å². The normalized spacial score (nSPS) is 18.2. The minimum atomic E-state index is 0.00946. The first-order valence-electron chi connectivity index (χ1n) is 7.58. The first kappa shape index (κ1) is 17.5. The van der Waals surface area contributed by atoms with Crippen molar-refractivity contribution in [1.29, 1.82) is 0 Å². The van der Waals surface area contributed by atoms with Crippen LogP contribution in [0.2, 0.25) is 0 Å². The van der Waals surface area contributed by atoms with Crippen molar-refractivity contribution in [2.75, 3.05) is 25.6 Å². The van der Waals surface area contributed by atoms with Crippen molar-refractivity contribution in [2.24, 2.45) is 5.41 Å². The molecule has 0 saturated heterocycles. The van der Waals surface area contributed by atoms with Crippen LogP contribution in [-0.2, 0) is 9.53 Å². The summed E-state index contributed by atoms with van der Waals surface area (Å²) in [4.78, 5) is 14.0. The van der Waals surface area contributed by atoms with Crippen molar-refractivity contribution in [3.05, 3.63) is 11.3 Å². The van der Waals surface area contributed by atoms with Crippen LogP contribution in [0.15, 0.2) is 11.3 Å². The Morgan fingerprint density at radius 2 is 2.15 bits per heavy atom. The largest absolute Gasteiger partial charge is 0.382 e. The van der Waals surface area contributed by atoms with E-state index < -0.39 is 0 Å². The Morgan fingerprint density at radius 3 is 2.75 bits per heavy atom. The molecular weight excluding hydrogens is 274 g/mol. The molecule has 0 aromatic rings. The van der Waals surface area contributed by atoms with Crippen LogP contribution in [0, 0.1) is 5.41 Å². The molecule has 0 unspecified atom stereocenters. The SMILES string of the molecule is CCOCCCN(C(=O)CCl)C1=C(C)C(C)(C)CCC1. The predicted octanol–water partition coefficient (Wildman–Crippen LogP) is 3.96. The molecule has 0 heterocycles. The summed E-state index contributed by atoms with van der Waals surface area (Å²) in [5, 5.41) is 0. The van der Waals surface area contributed by atoms with Gasteiger partial charge >= 0.3 is 0 Å². The van der Waals surface area contributed by atoms with Gasteiger partial charge in [-0.3, -0.25) is 4.79 Å². The van der Waals surface area contributed by atoms with Gasteiger partial charge in [-0.1, -0.05) is 13.8 Å². The van der Waals surface area contributed by atoms with E-state index in [0.717, 1.165) is 25.9 Å². The average molecular weight is 302 g/mol. The summed E-state index contributed by atoms with van der Waals surface area (Å²) in [6.45, 7) is 10.8. The van der Waals surface area contributed by atoms with Crippen LogP contribution >= 0.6 is 11.6 Å². The van der Waals surface area contributed by atoms with Crippen molar-refractivity contribution in [2.45, 2.75) is 53.4 Å². The fourth-order valence-electron chi connectivity index (χ4n) is 2.75. The van der Waals surface area contributed by atoms with Gasteiger partial charge in [0, 0.05) is 25.5 Å².